The van der Waals surface area contributed by atoms with Gasteiger partial charge in [0.15, 0.2) is 5.69 Å². The van der Waals surface area contributed by atoms with E-state index in [1.807, 2.05) is 47.0 Å². The molecule has 0 amide bonds. The second-order valence-corrected chi connectivity index (χ2v) is 7.94. The Hall–Kier alpha value is -2.79. The highest BCUT2D eigenvalue weighted by atomic mass is 35.5. The zero-order valence-corrected chi connectivity index (χ0v) is 18.7. The molecule has 0 radical (unpaired) electrons. The predicted molar refractivity (Wildman–Crippen MR) is 125 cm³/mol. The Morgan fingerprint density at radius 2 is 1.65 bits per heavy atom. The summed E-state index contributed by atoms with van der Waals surface area (Å²) < 4.78 is 7.16. The third kappa shape index (κ3) is 4.33. The first-order valence-corrected chi connectivity index (χ1v) is 10.7. The number of carbonyl (C=O) groups is 1. The molecule has 0 N–H and O–H groups in total. The van der Waals surface area contributed by atoms with Crippen LogP contribution in [0.15, 0.2) is 72.8 Å². The molecule has 3 aromatic carbocycles. The molecular formula is C24H17Cl3N2O2. The Balaban J connectivity index is 2.12. The molecule has 0 fully saturated rings. The van der Waals surface area contributed by atoms with Gasteiger partial charge in [-0.25, -0.2) is 9.78 Å². The highest BCUT2D eigenvalue weighted by molar-refractivity contribution is 6.33. The van der Waals surface area contributed by atoms with E-state index in [1.54, 1.807) is 37.3 Å². The molecule has 0 unspecified atom stereocenters. The van der Waals surface area contributed by atoms with Crippen molar-refractivity contribution in [1.29, 1.82) is 0 Å². The average Bonchev–Trinajstić information content (AvgIpc) is 3.15. The fourth-order valence-electron chi connectivity index (χ4n) is 3.35. The third-order valence-corrected chi connectivity index (χ3v) is 5.43. The molecule has 0 spiro atoms. The Morgan fingerprint density at radius 3 is 2.32 bits per heavy atom. The molecule has 0 saturated heterocycles. The van der Waals surface area contributed by atoms with E-state index in [4.69, 9.17) is 39.5 Å². The second kappa shape index (κ2) is 9.15. The molecule has 0 bridgehead atoms. The van der Waals surface area contributed by atoms with Gasteiger partial charge in [-0.15, -0.1) is 0 Å². The van der Waals surface area contributed by atoms with Crippen molar-refractivity contribution < 1.29 is 9.53 Å². The van der Waals surface area contributed by atoms with E-state index in [-0.39, 0.29) is 12.3 Å². The van der Waals surface area contributed by atoms with Crippen molar-refractivity contribution in [2.24, 2.45) is 0 Å². The van der Waals surface area contributed by atoms with Gasteiger partial charge in [-0.3, -0.25) is 4.57 Å². The maximum absolute atomic E-state index is 12.9. The maximum atomic E-state index is 12.9. The lowest BCUT2D eigenvalue weighted by molar-refractivity contribution is 0.0521. The molecule has 1 heterocycles. The van der Waals surface area contributed by atoms with Gasteiger partial charge in [0.25, 0.3) is 0 Å². The van der Waals surface area contributed by atoms with Gasteiger partial charge in [-0.2, -0.15) is 0 Å². The molecule has 7 heteroatoms. The average molecular weight is 472 g/mol. The van der Waals surface area contributed by atoms with Gasteiger partial charge in [-0.1, -0.05) is 65.1 Å². The van der Waals surface area contributed by atoms with Crippen molar-refractivity contribution in [2.75, 3.05) is 6.61 Å². The maximum Gasteiger partial charge on any atom is 0.359 e. The van der Waals surface area contributed by atoms with Crippen LogP contribution in [-0.2, 0) is 4.74 Å². The first-order valence-electron chi connectivity index (χ1n) is 9.56. The minimum atomic E-state index is -0.536. The first kappa shape index (κ1) is 21.4. The minimum absolute atomic E-state index is 0.166. The molecule has 0 aliphatic heterocycles. The lowest BCUT2D eigenvalue weighted by Crippen LogP contribution is -2.08. The summed E-state index contributed by atoms with van der Waals surface area (Å²) in [6, 6.07) is 21.8. The first-order chi connectivity index (χ1) is 15.0. The van der Waals surface area contributed by atoms with E-state index in [0.717, 1.165) is 5.69 Å². The molecule has 0 aliphatic carbocycles. The second-order valence-electron chi connectivity index (χ2n) is 6.66. The Morgan fingerprint density at radius 1 is 0.935 bits per heavy atom. The van der Waals surface area contributed by atoms with Crippen molar-refractivity contribution >= 4 is 40.8 Å². The summed E-state index contributed by atoms with van der Waals surface area (Å²) in [6.45, 7) is 1.97. The summed E-state index contributed by atoms with van der Waals surface area (Å²) in [4.78, 5) is 17.6. The van der Waals surface area contributed by atoms with Crippen LogP contribution in [0.25, 0.3) is 28.3 Å². The van der Waals surface area contributed by atoms with Crippen molar-refractivity contribution in [2.45, 2.75) is 6.92 Å². The molecule has 4 aromatic rings. The van der Waals surface area contributed by atoms with Crippen LogP contribution in [0.2, 0.25) is 15.1 Å². The lowest BCUT2D eigenvalue weighted by Gasteiger charge is -2.14. The number of carbonyl (C=O) groups excluding carboxylic acids is 1. The lowest BCUT2D eigenvalue weighted by atomic mass is 10.1. The van der Waals surface area contributed by atoms with E-state index in [1.165, 1.54) is 0 Å². The van der Waals surface area contributed by atoms with Crippen molar-refractivity contribution in [1.82, 2.24) is 9.55 Å². The number of esters is 1. The van der Waals surface area contributed by atoms with Crippen LogP contribution in [0.4, 0.5) is 0 Å². The van der Waals surface area contributed by atoms with Crippen LogP contribution in [0.5, 0.6) is 0 Å². The molecule has 4 nitrogen and oxygen atoms in total. The highest BCUT2D eigenvalue weighted by Gasteiger charge is 2.27. The Labute approximate surface area is 195 Å². The Bertz CT molecular complexity index is 1270. The van der Waals surface area contributed by atoms with Gasteiger partial charge >= 0.3 is 5.97 Å². The van der Waals surface area contributed by atoms with Crippen LogP contribution in [-0.4, -0.2) is 22.1 Å². The molecule has 0 saturated carbocycles. The SMILES string of the molecule is CCOC(=O)c1nc(-c2ccccc2Cl)n(-c2cccc(Cl)c2)c1-c1cccc(Cl)c1. The van der Waals surface area contributed by atoms with Gasteiger partial charge in [0.05, 0.1) is 17.3 Å². The third-order valence-electron chi connectivity index (χ3n) is 4.63. The smallest absolute Gasteiger partial charge is 0.359 e. The fraction of sp³-hybridized carbons (Fsp3) is 0.0833. The van der Waals surface area contributed by atoms with Gasteiger partial charge in [0.1, 0.15) is 5.82 Å². The number of imidazole rings is 1. The van der Waals surface area contributed by atoms with E-state index in [0.29, 0.717) is 37.7 Å². The number of aromatic nitrogens is 2. The number of nitrogens with zero attached hydrogens (tertiary/aromatic N) is 2. The standard InChI is InChI=1S/C24H17Cl3N2O2/c1-2-31-24(30)21-22(15-7-5-8-16(25)13-15)29(18-10-6-9-17(26)14-18)23(28-21)19-11-3-4-12-20(19)27/h3-14H,2H2,1H3. The zero-order chi connectivity index (χ0) is 22.0. The number of hydrogen-bond donors (Lipinski definition) is 0. The van der Waals surface area contributed by atoms with Crippen LogP contribution in [0.1, 0.15) is 17.4 Å². The highest BCUT2D eigenvalue weighted by Crippen LogP contribution is 2.37. The molecule has 156 valence electrons. The molecule has 4 rings (SSSR count). The van der Waals surface area contributed by atoms with Gasteiger partial charge in [0.2, 0.25) is 0 Å². The summed E-state index contributed by atoms with van der Waals surface area (Å²) >= 11 is 19.1. The summed E-state index contributed by atoms with van der Waals surface area (Å²) in [7, 11) is 0. The number of rotatable bonds is 5. The minimum Gasteiger partial charge on any atom is -0.461 e. The summed E-state index contributed by atoms with van der Waals surface area (Å²) in [6.07, 6.45) is 0. The Kier molecular flexibility index (Phi) is 6.33. The van der Waals surface area contributed by atoms with Crippen LogP contribution in [0, 0.1) is 0 Å². The summed E-state index contributed by atoms with van der Waals surface area (Å²) in [5.41, 5.74) is 2.81. The quantitative estimate of drug-likeness (QED) is 0.286. The molecule has 0 aliphatic rings. The van der Waals surface area contributed by atoms with Crippen molar-refractivity contribution in [3.05, 3.63) is 93.6 Å². The molecular weight excluding hydrogens is 455 g/mol. The number of halogens is 3. The van der Waals surface area contributed by atoms with Crippen molar-refractivity contribution in [3.8, 4) is 28.3 Å². The number of ether oxygens (including phenoxy) is 1. The topological polar surface area (TPSA) is 44.1 Å². The van der Waals surface area contributed by atoms with Crippen molar-refractivity contribution in [3.63, 3.8) is 0 Å². The fourth-order valence-corrected chi connectivity index (χ4v) is 3.95. The van der Waals surface area contributed by atoms with Crippen LogP contribution >= 0.6 is 34.8 Å². The van der Waals surface area contributed by atoms with E-state index >= 15 is 0 Å². The zero-order valence-electron chi connectivity index (χ0n) is 16.5. The number of benzene rings is 3. The largest absolute Gasteiger partial charge is 0.461 e. The van der Waals surface area contributed by atoms with Crippen LogP contribution < -0.4 is 0 Å². The van der Waals surface area contributed by atoms with Gasteiger partial charge in [-0.05, 0) is 49.4 Å². The molecule has 0 atom stereocenters. The molecule has 1 aromatic heterocycles. The van der Waals surface area contributed by atoms with Crippen LogP contribution in [0.3, 0.4) is 0 Å². The number of hydrogen-bond acceptors (Lipinski definition) is 3. The van der Waals surface area contributed by atoms with Gasteiger partial charge < -0.3 is 4.74 Å². The summed E-state index contributed by atoms with van der Waals surface area (Å²) in [5, 5.41) is 1.58. The van der Waals surface area contributed by atoms with Gasteiger partial charge in [0, 0.05) is 26.9 Å². The van der Waals surface area contributed by atoms with E-state index < -0.39 is 5.97 Å². The normalized spacial score (nSPS) is 10.8. The van der Waals surface area contributed by atoms with E-state index in [9.17, 15) is 4.79 Å². The monoisotopic (exact) mass is 470 g/mol. The summed E-state index contributed by atoms with van der Waals surface area (Å²) in [5.74, 6) is -0.0440. The predicted octanol–water partition coefficient (Wildman–Crippen LogP) is 7.34. The molecule has 31 heavy (non-hydrogen) atoms. The van der Waals surface area contributed by atoms with E-state index in [2.05, 4.69) is 4.98 Å².